The second-order valence-corrected chi connectivity index (χ2v) is 5.37. The molecule has 1 atom stereocenters. The zero-order chi connectivity index (χ0) is 14.0. The third kappa shape index (κ3) is 2.83. The van der Waals surface area contributed by atoms with E-state index in [2.05, 4.69) is 26.3 Å². The van der Waals surface area contributed by atoms with Gasteiger partial charge in [-0.15, -0.1) is 0 Å². The fourth-order valence-electron chi connectivity index (χ4n) is 2.09. The minimum absolute atomic E-state index is 0.292. The quantitative estimate of drug-likeness (QED) is 0.913. The van der Waals surface area contributed by atoms with Gasteiger partial charge in [-0.2, -0.15) is 5.10 Å². The molecule has 0 amide bonds. The van der Waals surface area contributed by atoms with Gasteiger partial charge in [0.05, 0.1) is 22.4 Å². The van der Waals surface area contributed by atoms with Gasteiger partial charge in [0.15, 0.2) is 0 Å². The average molecular weight is 347 g/mol. The van der Waals surface area contributed by atoms with Crippen molar-refractivity contribution in [3.63, 3.8) is 0 Å². The maximum atomic E-state index is 14.0. The number of aromatic nitrogens is 2. The van der Waals surface area contributed by atoms with Crippen LogP contribution < -0.4 is 5.32 Å². The third-order valence-corrected chi connectivity index (χ3v) is 3.81. The number of hydrogen-bond acceptors (Lipinski definition) is 2. The fourth-order valence-corrected chi connectivity index (χ4v) is 2.79. The maximum Gasteiger partial charge on any atom is 0.128 e. The molecule has 0 radical (unpaired) electrons. The van der Waals surface area contributed by atoms with Gasteiger partial charge in [-0.05, 0) is 48.1 Å². The molecule has 1 aromatic carbocycles. The molecule has 0 bridgehead atoms. The minimum atomic E-state index is -0.310. The molecule has 0 saturated heterocycles. The van der Waals surface area contributed by atoms with Gasteiger partial charge in [-0.3, -0.25) is 4.68 Å². The lowest BCUT2D eigenvalue weighted by atomic mass is 10.0. The van der Waals surface area contributed by atoms with E-state index >= 15 is 0 Å². The molecule has 6 heteroatoms. The molecule has 0 aliphatic carbocycles. The Morgan fingerprint density at radius 2 is 2.26 bits per heavy atom. The number of benzene rings is 1. The summed E-state index contributed by atoms with van der Waals surface area (Å²) in [5.41, 5.74) is 1.39. The number of rotatable bonds is 4. The Hall–Kier alpha value is -0.910. The van der Waals surface area contributed by atoms with Crippen molar-refractivity contribution in [3.05, 3.63) is 51.0 Å². The van der Waals surface area contributed by atoms with Crippen molar-refractivity contribution in [1.29, 1.82) is 0 Å². The van der Waals surface area contributed by atoms with Crippen molar-refractivity contribution < 1.29 is 4.39 Å². The van der Waals surface area contributed by atoms with Crippen LogP contribution in [0.15, 0.2) is 28.9 Å². The summed E-state index contributed by atoms with van der Waals surface area (Å²) >= 11 is 9.43. The Morgan fingerprint density at radius 1 is 1.53 bits per heavy atom. The number of hydrogen-bond donors (Lipinski definition) is 1. The molecule has 0 aliphatic rings. The lowest BCUT2D eigenvalue weighted by Crippen LogP contribution is -2.23. The van der Waals surface area contributed by atoms with E-state index in [4.69, 9.17) is 11.6 Å². The Labute approximate surface area is 124 Å². The summed E-state index contributed by atoms with van der Waals surface area (Å²) in [4.78, 5) is 0. The van der Waals surface area contributed by atoms with Crippen molar-refractivity contribution in [3.8, 4) is 0 Å². The molecule has 19 heavy (non-hydrogen) atoms. The maximum absolute atomic E-state index is 14.0. The van der Waals surface area contributed by atoms with Crippen molar-refractivity contribution in [2.45, 2.75) is 19.5 Å². The van der Waals surface area contributed by atoms with Gasteiger partial charge < -0.3 is 5.32 Å². The van der Waals surface area contributed by atoms with E-state index in [0.29, 0.717) is 17.1 Å². The van der Waals surface area contributed by atoms with E-state index in [1.807, 2.05) is 11.6 Å². The third-order valence-electron chi connectivity index (χ3n) is 2.96. The second kappa shape index (κ2) is 6.03. The number of halogens is 3. The van der Waals surface area contributed by atoms with Crippen molar-refractivity contribution in [2.24, 2.45) is 0 Å². The Kier molecular flexibility index (Phi) is 4.60. The van der Waals surface area contributed by atoms with Crippen LogP contribution in [0.25, 0.3) is 0 Å². The highest BCUT2D eigenvalue weighted by Crippen LogP contribution is 2.31. The molecule has 102 valence electrons. The summed E-state index contributed by atoms with van der Waals surface area (Å²) in [6, 6.07) is 4.25. The molecule has 3 nitrogen and oxygen atoms in total. The number of aryl methyl sites for hydroxylation is 1. The van der Waals surface area contributed by atoms with Crippen LogP contribution in [0, 0.1) is 5.82 Å². The van der Waals surface area contributed by atoms with Crippen LogP contribution in [0.1, 0.15) is 24.2 Å². The molecular weight excluding hydrogens is 333 g/mol. The van der Waals surface area contributed by atoms with E-state index in [0.717, 1.165) is 10.2 Å². The SMILES string of the molecule is CCn1ncc(Br)c1C(NC)c1cc(Cl)ccc1F. The van der Waals surface area contributed by atoms with E-state index < -0.39 is 0 Å². The van der Waals surface area contributed by atoms with Gasteiger partial charge >= 0.3 is 0 Å². The molecule has 2 rings (SSSR count). The van der Waals surface area contributed by atoms with Crippen molar-refractivity contribution in [1.82, 2.24) is 15.1 Å². The lowest BCUT2D eigenvalue weighted by molar-refractivity contribution is 0.532. The fraction of sp³-hybridized carbons (Fsp3) is 0.308. The van der Waals surface area contributed by atoms with Gasteiger partial charge in [-0.25, -0.2) is 4.39 Å². The van der Waals surface area contributed by atoms with Gasteiger partial charge in [0, 0.05) is 17.1 Å². The van der Waals surface area contributed by atoms with Gasteiger partial charge in [0.25, 0.3) is 0 Å². The predicted octanol–water partition coefficient (Wildman–Crippen LogP) is 3.77. The van der Waals surface area contributed by atoms with Crippen LogP contribution in [-0.4, -0.2) is 16.8 Å². The monoisotopic (exact) mass is 345 g/mol. The van der Waals surface area contributed by atoms with Crippen LogP contribution in [-0.2, 0) is 6.54 Å². The molecule has 1 unspecified atom stereocenters. The second-order valence-electron chi connectivity index (χ2n) is 4.08. The van der Waals surface area contributed by atoms with Crippen LogP contribution in [0.3, 0.4) is 0 Å². The van der Waals surface area contributed by atoms with Gasteiger partial charge in [0.1, 0.15) is 5.82 Å². The normalized spacial score (nSPS) is 12.7. The zero-order valence-corrected chi connectivity index (χ0v) is 13.0. The molecule has 2 aromatic rings. The first-order chi connectivity index (χ1) is 9.08. The Balaban J connectivity index is 2.56. The van der Waals surface area contributed by atoms with Crippen molar-refractivity contribution in [2.75, 3.05) is 7.05 Å². The largest absolute Gasteiger partial charge is 0.308 e. The Morgan fingerprint density at radius 3 is 2.89 bits per heavy atom. The predicted molar refractivity (Wildman–Crippen MR) is 77.9 cm³/mol. The van der Waals surface area contributed by atoms with Crippen LogP contribution in [0.4, 0.5) is 4.39 Å². The summed E-state index contributed by atoms with van der Waals surface area (Å²) in [7, 11) is 1.78. The molecule has 0 aliphatic heterocycles. The lowest BCUT2D eigenvalue weighted by Gasteiger charge is -2.19. The molecule has 1 N–H and O–H groups in total. The molecule has 0 saturated carbocycles. The average Bonchev–Trinajstić information content (AvgIpc) is 2.76. The van der Waals surface area contributed by atoms with E-state index in [9.17, 15) is 4.39 Å². The van der Waals surface area contributed by atoms with E-state index in [-0.39, 0.29) is 11.9 Å². The number of nitrogens with zero attached hydrogens (tertiary/aromatic N) is 2. The summed E-state index contributed by atoms with van der Waals surface area (Å²) in [6.07, 6.45) is 1.71. The molecule has 1 aromatic heterocycles. The van der Waals surface area contributed by atoms with Crippen LogP contribution in [0.2, 0.25) is 5.02 Å². The van der Waals surface area contributed by atoms with Gasteiger partial charge in [-0.1, -0.05) is 11.6 Å². The topological polar surface area (TPSA) is 29.9 Å². The molecule has 0 spiro atoms. The number of nitrogens with one attached hydrogen (secondary N) is 1. The van der Waals surface area contributed by atoms with Crippen LogP contribution >= 0.6 is 27.5 Å². The smallest absolute Gasteiger partial charge is 0.128 e. The highest BCUT2D eigenvalue weighted by Gasteiger charge is 2.23. The standard InChI is InChI=1S/C13H14BrClFN3/c1-3-19-13(10(14)7-18-19)12(17-2)9-6-8(15)4-5-11(9)16/h4-7,12,17H,3H2,1-2H3. The first-order valence-corrected chi connectivity index (χ1v) is 7.09. The molecular formula is C13H14BrClFN3. The highest BCUT2D eigenvalue weighted by molar-refractivity contribution is 9.10. The summed E-state index contributed by atoms with van der Waals surface area (Å²) in [5, 5.41) is 7.88. The minimum Gasteiger partial charge on any atom is -0.308 e. The van der Waals surface area contributed by atoms with E-state index in [1.54, 1.807) is 25.4 Å². The van der Waals surface area contributed by atoms with E-state index in [1.165, 1.54) is 6.07 Å². The summed E-state index contributed by atoms with van der Waals surface area (Å²) in [5.74, 6) is -0.292. The molecule has 1 heterocycles. The highest BCUT2D eigenvalue weighted by atomic mass is 79.9. The summed E-state index contributed by atoms with van der Waals surface area (Å²) in [6.45, 7) is 2.70. The van der Waals surface area contributed by atoms with Gasteiger partial charge in [0.2, 0.25) is 0 Å². The zero-order valence-electron chi connectivity index (χ0n) is 10.6. The summed E-state index contributed by atoms with van der Waals surface area (Å²) < 4.78 is 16.7. The molecule has 0 fully saturated rings. The first kappa shape index (κ1) is 14.5. The van der Waals surface area contributed by atoms with Crippen molar-refractivity contribution >= 4 is 27.5 Å². The first-order valence-electron chi connectivity index (χ1n) is 5.91. The Bertz CT molecular complexity index is 585. The van der Waals surface area contributed by atoms with Crippen LogP contribution in [0.5, 0.6) is 0 Å².